The van der Waals surface area contributed by atoms with Gasteiger partial charge < -0.3 is 0 Å². The van der Waals surface area contributed by atoms with Crippen LogP contribution in [0.15, 0.2) is 147 Å². The normalized spacial score (nSPS) is 23.5. The quantitative estimate of drug-likeness (QED) is 0.325. The summed E-state index contributed by atoms with van der Waals surface area (Å²) in [7, 11) is 0. The van der Waals surface area contributed by atoms with Gasteiger partial charge in [0.2, 0.25) is 0 Å². The number of hydrogen-bond acceptors (Lipinski definition) is 0. The molecule has 144 valence electrons. The van der Waals surface area contributed by atoms with Crippen LogP contribution >= 0.6 is 0 Å². The van der Waals surface area contributed by atoms with E-state index in [9.17, 15) is 0 Å². The SMILES string of the molecule is C=C/C=C\C1=C(C=C)C(C)(C(/C=C\C=C)=C/C=C)CC1C(/C=C\C=C)=C/C=C. The molecule has 0 heterocycles. The lowest BCUT2D eigenvalue weighted by Gasteiger charge is -2.29. The van der Waals surface area contributed by atoms with E-state index in [2.05, 4.69) is 76.8 Å². The molecule has 0 spiro atoms. The van der Waals surface area contributed by atoms with Gasteiger partial charge in [0, 0.05) is 11.3 Å². The molecule has 0 saturated carbocycles. The molecule has 0 N–H and O–H groups in total. The van der Waals surface area contributed by atoms with Crippen molar-refractivity contribution < 1.29 is 0 Å². The van der Waals surface area contributed by atoms with Crippen molar-refractivity contribution in [1.82, 2.24) is 0 Å². The van der Waals surface area contributed by atoms with E-state index in [-0.39, 0.29) is 11.3 Å². The van der Waals surface area contributed by atoms with Gasteiger partial charge in [0.25, 0.3) is 0 Å². The lowest BCUT2D eigenvalue weighted by Crippen LogP contribution is -2.18. The highest BCUT2D eigenvalue weighted by Crippen LogP contribution is 2.54. The van der Waals surface area contributed by atoms with Gasteiger partial charge in [-0.3, -0.25) is 0 Å². The van der Waals surface area contributed by atoms with Crippen LogP contribution in [-0.4, -0.2) is 0 Å². The van der Waals surface area contributed by atoms with Crippen molar-refractivity contribution in [3.8, 4) is 0 Å². The van der Waals surface area contributed by atoms with Crippen LogP contribution in [0.4, 0.5) is 0 Å². The maximum atomic E-state index is 4.13. The van der Waals surface area contributed by atoms with Gasteiger partial charge >= 0.3 is 0 Å². The van der Waals surface area contributed by atoms with Crippen LogP contribution in [0.3, 0.4) is 0 Å². The minimum absolute atomic E-state index is 0.203. The third-order valence-corrected chi connectivity index (χ3v) is 4.99. The summed E-state index contributed by atoms with van der Waals surface area (Å²) >= 11 is 0. The van der Waals surface area contributed by atoms with E-state index in [1.807, 2.05) is 36.5 Å². The third-order valence-electron chi connectivity index (χ3n) is 4.99. The van der Waals surface area contributed by atoms with Crippen LogP contribution in [0.2, 0.25) is 0 Å². The van der Waals surface area contributed by atoms with Crippen molar-refractivity contribution in [2.45, 2.75) is 13.3 Å². The highest BCUT2D eigenvalue weighted by molar-refractivity contribution is 5.55. The number of rotatable bonds is 11. The summed E-state index contributed by atoms with van der Waals surface area (Å²) in [5.41, 5.74) is 4.60. The zero-order chi connectivity index (χ0) is 21.0. The van der Waals surface area contributed by atoms with E-state index in [0.717, 1.165) is 6.42 Å². The average Bonchev–Trinajstić information content (AvgIpc) is 2.98. The number of allylic oxidation sites excluding steroid dienone is 18. The van der Waals surface area contributed by atoms with Crippen molar-refractivity contribution in [3.05, 3.63) is 147 Å². The molecule has 0 aromatic carbocycles. The topological polar surface area (TPSA) is 0 Å². The van der Waals surface area contributed by atoms with Gasteiger partial charge in [-0.25, -0.2) is 0 Å². The maximum Gasteiger partial charge on any atom is 0.0186 e. The predicted molar refractivity (Wildman–Crippen MR) is 128 cm³/mol. The highest BCUT2D eigenvalue weighted by atomic mass is 14.5. The molecule has 1 rings (SSSR count). The fourth-order valence-electron chi connectivity index (χ4n) is 3.75. The molecule has 0 nitrogen and oxygen atoms in total. The third kappa shape index (κ3) is 5.20. The van der Waals surface area contributed by atoms with E-state index in [1.54, 1.807) is 18.2 Å². The summed E-state index contributed by atoms with van der Waals surface area (Å²) in [6.07, 6.45) is 28.3. The Balaban J connectivity index is 3.75. The lowest BCUT2D eigenvalue weighted by molar-refractivity contribution is 0.455. The van der Waals surface area contributed by atoms with E-state index >= 15 is 0 Å². The first-order chi connectivity index (χ1) is 13.5. The molecule has 0 amide bonds. The Morgan fingerprint density at radius 3 is 1.96 bits per heavy atom. The Bertz CT molecular complexity index is 814. The molecule has 0 aromatic rings. The van der Waals surface area contributed by atoms with E-state index < -0.39 is 0 Å². The Labute approximate surface area is 171 Å². The second kappa shape index (κ2) is 11.6. The summed E-state index contributed by atoms with van der Waals surface area (Å²) < 4.78 is 0. The Morgan fingerprint density at radius 2 is 1.43 bits per heavy atom. The first-order valence-corrected chi connectivity index (χ1v) is 9.44. The summed E-state index contributed by atoms with van der Waals surface area (Å²) in [6.45, 7) is 25.6. The van der Waals surface area contributed by atoms with Crippen LogP contribution in [0.5, 0.6) is 0 Å². The molecule has 0 aromatic heterocycles. The standard InChI is InChI=1S/C28H32/c1-8-14-19-23(17-11-4)26-22-28(7,24(18-12-5)20-15-9-2)27(13-6)25(26)21-16-10-3/h8-21,26H,1-6,22H2,7H3/b19-14-,20-15-,21-16-,23-17+,24-18+. The fourth-order valence-corrected chi connectivity index (χ4v) is 3.75. The van der Waals surface area contributed by atoms with Crippen LogP contribution in [0.1, 0.15) is 13.3 Å². The van der Waals surface area contributed by atoms with Gasteiger partial charge in [0.05, 0.1) is 0 Å². The van der Waals surface area contributed by atoms with Crippen molar-refractivity contribution in [2.24, 2.45) is 11.3 Å². The monoisotopic (exact) mass is 368 g/mol. The second-order valence-electron chi connectivity index (χ2n) is 6.71. The highest BCUT2D eigenvalue weighted by Gasteiger charge is 2.42. The number of hydrogen-bond donors (Lipinski definition) is 0. The zero-order valence-corrected chi connectivity index (χ0v) is 17.1. The minimum Gasteiger partial charge on any atom is -0.0991 e. The van der Waals surface area contributed by atoms with Gasteiger partial charge in [0.1, 0.15) is 0 Å². The van der Waals surface area contributed by atoms with Crippen molar-refractivity contribution >= 4 is 0 Å². The molecule has 0 bridgehead atoms. The van der Waals surface area contributed by atoms with Crippen LogP contribution < -0.4 is 0 Å². The van der Waals surface area contributed by atoms with Crippen molar-refractivity contribution in [3.63, 3.8) is 0 Å². The molecule has 1 aliphatic rings. The fraction of sp³-hybridized carbons (Fsp3) is 0.143. The molecule has 0 radical (unpaired) electrons. The molecule has 28 heavy (non-hydrogen) atoms. The largest absolute Gasteiger partial charge is 0.0991 e. The average molecular weight is 369 g/mol. The first-order valence-electron chi connectivity index (χ1n) is 9.44. The predicted octanol–water partition coefficient (Wildman–Crippen LogP) is 7.95. The molecule has 0 fully saturated rings. The zero-order valence-electron chi connectivity index (χ0n) is 17.1. The van der Waals surface area contributed by atoms with Gasteiger partial charge in [-0.1, -0.05) is 131 Å². The van der Waals surface area contributed by atoms with E-state index in [4.69, 9.17) is 0 Å². The second-order valence-corrected chi connectivity index (χ2v) is 6.71. The molecule has 0 heteroatoms. The molecule has 0 aliphatic heterocycles. The smallest absolute Gasteiger partial charge is 0.0186 e. The summed E-state index contributed by atoms with van der Waals surface area (Å²) in [6, 6.07) is 0. The molecular weight excluding hydrogens is 336 g/mol. The molecule has 0 saturated heterocycles. The molecule has 2 atom stereocenters. The van der Waals surface area contributed by atoms with Gasteiger partial charge in [-0.15, -0.1) is 0 Å². The van der Waals surface area contributed by atoms with Gasteiger partial charge in [-0.05, 0) is 28.7 Å². The molecule has 1 aliphatic carbocycles. The summed E-state index contributed by atoms with van der Waals surface area (Å²) in [5, 5.41) is 0. The van der Waals surface area contributed by atoms with Crippen LogP contribution in [0.25, 0.3) is 0 Å². The summed E-state index contributed by atoms with van der Waals surface area (Å²) in [5.74, 6) is 0.203. The summed E-state index contributed by atoms with van der Waals surface area (Å²) in [4.78, 5) is 0. The van der Waals surface area contributed by atoms with E-state index in [0.29, 0.717) is 0 Å². The Morgan fingerprint density at radius 1 is 0.821 bits per heavy atom. The van der Waals surface area contributed by atoms with Crippen molar-refractivity contribution in [2.75, 3.05) is 0 Å². The lowest BCUT2D eigenvalue weighted by atomic mass is 9.74. The van der Waals surface area contributed by atoms with Gasteiger partial charge in [-0.2, -0.15) is 0 Å². The first kappa shape index (κ1) is 22.9. The molecule has 2 unspecified atom stereocenters. The van der Waals surface area contributed by atoms with Crippen LogP contribution in [-0.2, 0) is 0 Å². The minimum atomic E-state index is -0.205. The van der Waals surface area contributed by atoms with Crippen molar-refractivity contribution in [1.29, 1.82) is 0 Å². The Hall–Kier alpha value is -3.12. The molecular formula is C28H32. The maximum absolute atomic E-state index is 4.13. The van der Waals surface area contributed by atoms with Crippen LogP contribution in [0, 0.1) is 11.3 Å². The van der Waals surface area contributed by atoms with E-state index in [1.165, 1.54) is 22.3 Å². The Kier molecular flexibility index (Phi) is 9.47. The van der Waals surface area contributed by atoms with Gasteiger partial charge in [0.15, 0.2) is 0 Å².